The predicted molar refractivity (Wildman–Crippen MR) is 67.7 cm³/mol. The summed E-state index contributed by atoms with van der Waals surface area (Å²) < 4.78 is 48.1. The van der Waals surface area contributed by atoms with Crippen molar-refractivity contribution in [2.75, 3.05) is 5.32 Å². The third kappa shape index (κ3) is 3.50. The normalized spacial score (nSPS) is 12.5. The Hall–Kier alpha value is -1.50. The van der Waals surface area contributed by atoms with Crippen LogP contribution >= 0.6 is 0 Å². The molecule has 0 bridgehead atoms. The Balaban J connectivity index is 3.22. The van der Waals surface area contributed by atoms with Crippen molar-refractivity contribution in [3.8, 4) is 0 Å². The van der Waals surface area contributed by atoms with Gasteiger partial charge in [-0.1, -0.05) is 32.9 Å². The lowest BCUT2D eigenvalue weighted by Gasteiger charge is -2.19. The fourth-order valence-electron chi connectivity index (χ4n) is 1.22. The molecule has 106 valence electrons. The van der Waals surface area contributed by atoms with Crippen molar-refractivity contribution < 1.29 is 22.0 Å². The summed E-state index contributed by atoms with van der Waals surface area (Å²) in [5.41, 5.74) is -0.899. The average Bonchev–Trinajstić information content (AvgIpc) is 2.28. The number of amides is 1. The maximum absolute atomic E-state index is 12.5. The van der Waals surface area contributed by atoms with E-state index in [0.717, 1.165) is 6.07 Å². The molecule has 19 heavy (non-hydrogen) atoms. The highest BCUT2D eigenvalue weighted by Gasteiger charge is 2.30. The van der Waals surface area contributed by atoms with Crippen LogP contribution in [0.3, 0.4) is 0 Å². The van der Waals surface area contributed by atoms with Gasteiger partial charge in [0.2, 0.25) is 15.7 Å². The van der Waals surface area contributed by atoms with E-state index >= 15 is 0 Å². The van der Waals surface area contributed by atoms with Crippen LogP contribution in [0.2, 0.25) is 0 Å². The lowest BCUT2D eigenvalue weighted by atomic mass is 9.95. The van der Waals surface area contributed by atoms with Gasteiger partial charge in [0.25, 0.3) is 0 Å². The van der Waals surface area contributed by atoms with E-state index in [9.17, 15) is 22.0 Å². The molecule has 0 radical (unpaired) electrons. The van der Waals surface area contributed by atoms with Crippen LogP contribution in [0.5, 0.6) is 0 Å². The van der Waals surface area contributed by atoms with E-state index in [1.165, 1.54) is 18.2 Å². The Morgan fingerprint density at radius 1 is 1.21 bits per heavy atom. The quantitative estimate of drug-likeness (QED) is 0.931. The van der Waals surface area contributed by atoms with Crippen LogP contribution < -0.4 is 5.32 Å². The molecule has 0 aliphatic heterocycles. The average molecular weight is 291 g/mol. The van der Waals surface area contributed by atoms with Gasteiger partial charge >= 0.3 is 5.76 Å². The summed E-state index contributed by atoms with van der Waals surface area (Å²) in [6.45, 7) is 4.89. The number of alkyl halides is 2. The number of carbonyl (C=O) groups is 1. The molecule has 7 heteroatoms. The fourth-order valence-corrected chi connectivity index (χ4v) is 2.11. The topological polar surface area (TPSA) is 63.2 Å². The van der Waals surface area contributed by atoms with Gasteiger partial charge in [-0.3, -0.25) is 4.79 Å². The Morgan fingerprint density at radius 2 is 1.74 bits per heavy atom. The molecule has 0 saturated carbocycles. The number of para-hydroxylation sites is 1. The van der Waals surface area contributed by atoms with Crippen molar-refractivity contribution in [3.05, 3.63) is 24.3 Å². The van der Waals surface area contributed by atoms with Gasteiger partial charge in [-0.05, 0) is 12.1 Å². The third-order valence-electron chi connectivity index (χ3n) is 2.36. The zero-order chi connectivity index (χ0) is 14.8. The van der Waals surface area contributed by atoms with Crippen LogP contribution in [-0.4, -0.2) is 20.1 Å². The van der Waals surface area contributed by atoms with Gasteiger partial charge in [-0.15, -0.1) is 0 Å². The summed E-state index contributed by atoms with van der Waals surface area (Å²) in [5, 5.41) is 2.36. The first-order chi connectivity index (χ1) is 8.56. The van der Waals surface area contributed by atoms with Crippen LogP contribution in [-0.2, 0) is 14.6 Å². The van der Waals surface area contributed by atoms with Crippen molar-refractivity contribution in [3.63, 3.8) is 0 Å². The van der Waals surface area contributed by atoms with Crippen molar-refractivity contribution >= 4 is 21.4 Å². The van der Waals surface area contributed by atoms with Crippen LogP contribution in [0.4, 0.5) is 14.5 Å². The number of anilines is 1. The molecule has 0 fully saturated rings. The fraction of sp³-hybridized carbons (Fsp3) is 0.417. The Morgan fingerprint density at radius 3 is 2.21 bits per heavy atom. The Kier molecular flexibility index (Phi) is 4.29. The number of carbonyl (C=O) groups excluding carboxylic acids is 1. The monoisotopic (exact) mass is 291 g/mol. The van der Waals surface area contributed by atoms with E-state index in [2.05, 4.69) is 5.32 Å². The van der Waals surface area contributed by atoms with Gasteiger partial charge in [0.1, 0.15) is 0 Å². The van der Waals surface area contributed by atoms with E-state index < -0.39 is 31.8 Å². The first kappa shape index (κ1) is 15.6. The van der Waals surface area contributed by atoms with E-state index in [4.69, 9.17) is 0 Å². The Labute approximate surface area is 110 Å². The summed E-state index contributed by atoms with van der Waals surface area (Å²) in [7, 11) is -4.75. The van der Waals surface area contributed by atoms with Gasteiger partial charge in [0.05, 0.1) is 10.6 Å². The molecule has 0 spiro atoms. The highest BCUT2D eigenvalue weighted by atomic mass is 32.2. The minimum atomic E-state index is -4.75. The molecule has 4 nitrogen and oxygen atoms in total. The van der Waals surface area contributed by atoms with Crippen molar-refractivity contribution in [1.29, 1.82) is 0 Å². The van der Waals surface area contributed by atoms with Crippen molar-refractivity contribution in [2.45, 2.75) is 31.4 Å². The maximum atomic E-state index is 12.5. The standard InChI is InChI=1S/C12H15F2NO3S/c1-12(2,3)10(16)15-8-6-4-5-7-9(8)19(17,18)11(13)14/h4-7,11H,1-3H3,(H,15,16). The molecule has 1 rings (SSSR count). The molecule has 1 amide bonds. The summed E-state index contributed by atoms with van der Waals surface area (Å²) in [6.07, 6.45) is 0. The molecule has 0 aliphatic rings. The lowest BCUT2D eigenvalue weighted by molar-refractivity contribution is -0.123. The van der Waals surface area contributed by atoms with Crippen LogP contribution in [0.15, 0.2) is 29.2 Å². The van der Waals surface area contributed by atoms with E-state index in [1.807, 2.05) is 0 Å². The zero-order valence-electron chi connectivity index (χ0n) is 10.8. The van der Waals surface area contributed by atoms with Gasteiger partial charge in [-0.25, -0.2) is 8.42 Å². The Bertz CT molecular complexity index is 577. The molecule has 0 unspecified atom stereocenters. The largest absolute Gasteiger partial charge is 0.341 e. The van der Waals surface area contributed by atoms with E-state index in [1.54, 1.807) is 20.8 Å². The van der Waals surface area contributed by atoms with Crippen molar-refractivity contribution in [2.24, 2.45) is 5.41 Å². The summed E-state index contributed by atoms with van der Waals surface area (Å²) in [6, 6.07) is 5.10. The second-order valence-electron chi connectivity index (χ2n) is 5.01. The first-order valence-electron chi connectivity index (χ1n) is 5.49. The van der Waals surface area contributed by atoms with E-state index in [0.29, 0.717) is 0 Å². The number of hydrogen-bond acceptors (Lipinski definition) is 3. The molecule has 0 saturated heterocycles. The van der Waals surface area contributed by atoms with Crippen LogP contribution in [0.1, 0.15) is 20.8 Å². The molecule has 1 N–H and O–H groups in total. The SMILES string of the molecule is CC(C)(C)C(=O)Nc1ccccc1S(=O)(=O)C(F)F. The molecule has 0 aliphatic carbocycles. The van der Waals surface area contributed by atoms with Gasteiger partial charge in [0, 0.05) is 5.41 Å². The van der Waals surface area contributed by atoms with Gasteiger partial charge in [0.15, 0.2) is 0 Å². The second-order valence-corrected chi connectivity index (χ2v) is 6.89. The maximum Gasteiger partial charge on any atom is 0.341 e. The molecule has 0 aromatic heterocycles. The molecule has 0 heterocycles. The zero-order valence-corrected chi connectivity index (χ0v) is 11.6. The van der Waals surface area contributed by atoms with E-state index in [-0.39, 0.29) is 5.69 Å². The minimum Gasteiger partial charge on any atom is -0.324 e. The first-order valence-corrected chi connectivity index (χ1v) is 7.04. The lowest BCUT2D eigenvalue weighted by Crippen LogP contribution is -2.28. The summed E-state index contributed by atoms with van der Waals surface area (Å²) >= 11 is 0. The summed E-state index contributed by atoms with van der Waals surface area (Å²) in [4.78, 5) is 11.2. The van der Waals surface area contributed by atoms with Crippen LogP contribution in [0.25, 0.3) is 0 Å². The summed E-state index contributed by atoms with van der Waals surface area (Å²) in [5.74, 6) is -3.98. The third-order valence-corrected chi connectivity index (χ3v) is 3.80. The predicted octanol–water partition coefficient (Wildman–Crippen LogP) is 2.67. The van der Waals surface area contributed by atoms with Gasteiger partial charge in [-0.2, -0.15) is 8.78 Å². The van der Waals surface area contributed by atoms with Crippen LogP contribution in [0, 0.1) is 5.41 Å². The number of halogens is 2. The molecular formula is C12H15F2NO3S. The number of benzene rings is 1. The number of sulfone groups is 1. The molecule has 0 atom stereocenters. The molecule has 1 aromatic rings. The highest BCUT2D eigenvalue weighted by molar-refractivity contribution is 7.91. The number of nitrogens with one attached hydrogen (secondary N) is 1. The van der Waals surface area contributed by atoms with Crippen molar-refractivity contribution in [1.82, 2.24) is 0 Å². The highest BCUT2D eigenvalue weighted by Crippen LogP contribution is 2.27. The minimum absolute atomic E-state index is 0.136. The molecule has 1 aromatic carbocycles. The second kappa shape index (κ2) is 5.24. The molecular weight excluding hydrogens is 276 g/mol. The van der Waals surface area contributed by atoms with Gasteiger partial charge < -0.3 is 5.32 Å². The smallest absolute Gasteiger partial charge is 0.324 e. The number of rotatable bonds is 3. The number of hydrogen-bond donors (Lipinski definition) is 1.